The highest BCUT2D eigenvalue weighted by Crippen LogP contribution is 2.24. The van der Waals surface area contributed by atoms with Crippen LogP contribution in [0.25, 0.3) is 0 Å². The highest BCUT2D eigenvalue weighted by molar-refractivity contribution is 5.54. The molecule has 0 aromatic heterocycles. The normalized spacial score (nSPS) is 20.7. The van der Waals surface area contributed by atoms with Crippen molar-refractivity contribution < 1.29 is 4.74 Å². The van der Waals surface area contributed by atoms with Crippen LogP contribution in [-0.2, 0) is 11.2 Å². The maximum Gasteiger partial charge on any atom is 0.0511 e. The first kappa shape index (κ1) is 15.3. The van der Waals surface area contributed by atoms with Crippen molar-refractivity contribution in [3.8, 4) is 0 Å². The second-order valence-corrected chi connectivity index (χ2v) is 6.28. The smallest absolute Gasteiger partial charge is 0.0511 e. The van der Waals surface area contributed by atoms with Gasteiger partial charge >= 0.3 is 0 Å². The fourth-order valence-corrected chi connectivity index (χ4v) is 3.03. The first-order valence-electron chi connectivity index (χ1n) is 7.70. The lowest BCUT2D eigenvalue weighted by Crippen LogP contribution is -2.31. The van der Waals surface area contributed by atoms with Crippen LogP contribution in [0.4, 0.5) is 5.69 Å². The zero-order valence-corrected chi connectivity index (χ0v) is 13.1. The standard InChI is InChI=1S/C17H28N2O/c1-13-6-7-17(16(9-13)10-14(2)18)19(3)11-15-5-4-8-20-12-15/h6-7,9,14-15H,4-5,8,10-12,18H2,1-3H3. The van der Waals surface area contributed by atoms with Crippen molar-refractivity contribution in [3.05, 3.63) is 29.3 Å². The molecule has 2 N–H and O–H groups in total. The van der Waals surface area contributed by atoms with E-state index in [0.29, 0.717) is 5.92 Å². The molecule has 20 heavy (non-hydrogen) atoms. The van der Waals surface area contributed by atoms with Gasteiger partial charge in [-0.3, -0.25) is 0 Å². The zero-order valence-electron chi connectivity index (χ0n) is 13.1. The summed E-state index contributed by atoms with van der Waals surface area (Å²) < 4.78 is 5.59. The molecular formula is C17H28N2O. The number of nitrogens with zero attached hydrogens (tertiary/aromatic N) is 1. The van der Waals surface area contributed by atoms with Gasteiger partial charge in [-0.2, -0.15) is 0 Å². The summed E-state index contributed by atoms with van der Waals surface area (Å²) in [5, 5.41) is 0. The van der Waals surface area contributed by atoms with Crippen LogP contribution in [0, 0.1) is 12.8 Å². The van der Waals surface area contributed by atoms with Crippen molar-refractivity contribution >= 4 is 5.69 Å². The summed E-state index contributed by atoms with van der Waals surface area (Å²) in [6, 6.07) is 6.89. The van der Waals surface area contributed by atoms with E-state index in [4.69, 9.17) is 10.5 Å². The Labute approximate surface area is 123 Å². The molecule has 2 rings (SSSR count). The molecule has 1 aromatic carbocycles. The molecule has 0 spiro atoms. The van der Waals surface area contributed by atoms with Gasteiger partial charge in [0.1, 0.15) is 0 Å². The number of nitrogens with two attached hydrogens (primary N) is 1. The number of benzene rings is 1. The van der Waals surface area contributed by atoms with Crippen molar-refractivity contribution in [1.82, 2.24) is 0 Å². The number of hydrogen-bond acceptors (Lipinski definition) is 3. The largest absolute Gasteiger partial charge is 0.381 e. The zero-order chi connectivity index (χ0) is 14.5. The van der Waals surface area contributed by atoms with Crippen LogP contribution in [-0.4, -0.2) is 32.8 Å². The third kappa shape index (κ3) is 4.22. The van der Waals surface area contributed by atoms with Crippen LogP contribution in [0.15, 0.2) is 18.2 Å². The minimum absolute atomic E-state index is 0.196. The monoisotopic (exact) mass is 276 g/mol. The minimum atomic E-state index is 0.196. The number of rotatable bonds is 5. The maximum atomic E-state index is 5.99. The predicted octanol–water partition coefficient (Wildman–Crippen LogP) is 2.75. The molecule has 0 radical (unpaired) electrons. The predicted molar refractivity (Wildman–Crippen MR) is 85.3 cm³/mol. The van der Waals surface area contributed by atoms with E-state index in [1.165, 1.54) is 29.7 Å². The summed E-state index contributed by atoms with van der Waals surface area (Å²) in [5.41, 5.74) is 9.97. The van der Waals surface area contributed by atoms with Gasteiger partial charge in [-0.25, -0.2) is 0 Å². The Morgan fingerprint density at radius 3 is 2.90 bits per heavy atom. The third-order valence-corrected chi connectivity index (χ3v) is 3.97. The number of aryl methyl sites for hydroxylation is 1. The third-order valence-electron chi connectivity index (χ3n) is 3.97. The Kier molecular flexibility index (Phi) is 5.44. The quantitative estimate of drug-likeness (QED) is 0.898. The fourth-order valence-electron chi connectivity index (χ4n) is 3.03. The SMILES string of the molecule is Cc1ccc(N(C)CC2CCCOC2)c(CC(C)N)c1. The van der Waals surface area contributed by atoms with Crippen LogP contribution in [0.1, 0.15) is 30.9 Å². The van der Waals surface area contributed by atoms with Crippen LogP contribution in [0.5, 0.6) is 0 Å². The van der Waals surface area contributed by atoms with Crippen LogP contribution >= 0.6 is 0 Å². The van der Waals surface area contributed by atoms with E-state index in [9.17, 15) is 0 Å². The summed E-state index contributed by atoms with van der Waals surface area (Å²) >= 11 is 0. The van der Waals surface area contributed by atoms with Gasteiger partial charge in [-0.05, 0) is 50.7 Å². The van der Waals surface area contributed by atoms with Crippen LogP contribution in [0.3, 0.4) is 0 Å². The molecular weight excluding hydrogens is 248 g/mol. The Hall–Kier alpha value is -1.06. The first-order valence-corrected chi connectivity index (χ1v) is 7.70. The van der Waals surface area contributed by atoms with Crippen molar-refractivity contribution in [3.63, 3.8) is 0 Å². The molecule has 1 aliphatic rings. The lowest BCUT2D eigenvalue weighted by atomic mass is 9.99. The highest BCUT2D eigenvalue weighted by atomic mass is 16.5. The van der Waals surface area contributed by atoms with E-state index in [0.717, 1.165) is 26.2 Å². The van der Waals surface area contributed by atoms with Gasteiger partial charge < -0.3 is 15.4 Å². The second kappa shape index (κ2) is 7.09. The van der Waals surface area contributed by atoms with Gasteiger partial charge in [0.05, 0.1) is 6.61 Å². The number of hydrogen-bond donors (Lipinski definition) is 1. The van der Waals surface area contributed by atoms with Crippen molar-refractivity contribution in [1.29, 1.82) is 0 Å². The van der Waals surface area contributed by atoms with Gasteiger partial charge in [0.25, 0.3) is 0 Å². The van der Waals surface area contributed by atoms with Crippen molar-refractivity contribution in [2.24, 2.45) is 11.7 Å². The minimum Gasteiger partial charge on any atom is -0.381 e. The highest BCUT2D eigenvalue weighted by Gasteiger charge is 2.17. The molecule has 3 nitrogen and oxygen atoms in total. The molecule has 0 aliphatic carbocycles. The molecule has 0 saturated carbocycles. The fraction of sp³-hybridized carbons (Fsp3) is 0.647. The van der Waals surface area contributed by atoms with E-state index < -0.39 is 0 Å². The van der Waals surface area contributed by atoms with Gasteiger partial charge in [0.2, 0.25) is 0 Å². The lowest BCUT2D eigenvalue weighted by Gasteiger charge is -2.30. The number of ether oxygens (including phenoxy) is 1. The molecule has 2 unspecified atom stereocenters. The Balaban J connectivity index is 2.09. The molecule has 0 amide bonds. The molecule has 1 fully saturated rings. The van der Waals surface area contributed by atoms with E-state index in [2.05, 4.69) is 44.0 Å². The van der Waals surface area contributed by atoms with Crippen molar-refractivity contribution in [2.45, 2.75) is 39.2 Å². The number of anilines is 1. The summed E-state index contributed by atoms with van der Waals surface area (Å²) in [5.74, 6) is 0.651. The molecule has 3 heteroatoms. The van der Waals surface area contributed by atoms with Crippen LogP contribution < -0.4 is 10.6 Å². The van der Waals surface area contributed by atoms with E-state index in [1.807, 2.05) is 0 Å². The van der Waals surface area contributed by atoms with Crippen LogP contribution in [0.2, 0.25) is 0 Å². The maximum absolute atomic E-state index is 5.99. The summed E-state index contributed by atoms with van der Waals surface area (Å²) in [6.45, 7) is 7.11. The van der Waals surface area contributed by atoms with E-state index in [-0.39, 0.29) is 6.04 Å². The Morgan fingerprint density at radius 1 is 1.45 bits per heavy atom. The molecule has 1 saturated heterocycles. The lowest BCUT2D eigenvalue weighted by molar-refractivity contribution is 0.0576. The topological polar surface area (TPSA) is 38.5 Å². The molecule has 2 atom stereocenters. The Bertz CT molecular complexity index is 425. The molecule has 1 heterocycles. The van der Waals surface area contributed by atoms with Gasteiger partial charge in [0.15, 0.2) is 0 Å². The summed E-state index contributed by atoms with van der Waals surface area (Å²) in [6.07, 6.45) is 3.40. The van der Waals surface area contributed by atoms with Gasteiger partial charge in [0, 0.05) is 31.9 Å². The second-order valence-electron chi connectivity index (χ2n) is 6.28. The molecule has 1 aliphatic heterocycles. The molecule has 112 valence electrons. The Morgan fingerprint density at radius 2 is 2.25 bits per heavy atom. The average molecular weight is 276 g/mol. The first-order chi connectivity index (χ1) is 9.56. The summed E-state index contributed by atoms with van der Waals surface area (Å²) in [7, 11) is 2.18. The average Bonchev–Trinajstić information content (AvgIpc) is 2.39. The van der Waals surface area contributed by atoms with Crippen molar-refractivity contribution in [2.75, 3.05) is 31.7 Å². The van der Waals surface area contributed by atoms with Gasteiger partial charge in [-0.15, -0.1) is 0 Å². The molecule has 0 bridgehead atoms. The molecule has 1 aromatic rings. The van der Waals surface area contributed by atoms with E-state index in [1.54, 1.807) is 0 Å². The van der Waals surface area contributed by atoms with Gasteiger partial charge in [-0.1, -0.05) is 17.7 Å². The van der Waals surface area contributed by atoms with E-state index >= 15 is 0 Å². The summed E-state index contributed by atoms with van der Waals surface area (Å²) in [4.78, 5) is 2.37.